The number of nitrogens with one attached hydrogen (secondary N) is 1. The van der Waals surface area contributed by atoms with Crippen molar-refractivity contribution in [3.05, 3.63) is 119 Å². The molecule has 0 saturated carbocycles. The number of carboxylic acid groups (broad SMARTS) is 2. The minimum atomic E-state index is -0.997. The number of H-pyrrole nitrogens is 1. The first-order valence-corrected chi connectivity index (χ1v) is 17.7. The SMILES string of the molecule is C/C(C#Cc1ccc2c(c1)[nH]c1cc(C#C/C=C/CSc3ccc(OCC(=O)O)c(C)c3)ccc12)=C\CSc1ccc(OCC(=O)O)c(C)c1. The number of allylic oxidation sites excluding steroid dienone is 2. The molecule has 50 heavy (non-hydrogen) atoms. The van der Waals surface area contributed by atoms with E-state index in [0.29, 0.717) is 11.5 Å². The molecular formula is C41H35NO6S2. The number of hydrogen-bond donors (Lipinski definition) is 3. The minimum Gasteiger partial charge on any atom is -0.482 e. The van der Waals surface area contributed by atoms with Crippen LogP contribution in [0, 0.1) is 37.5 Å². The highest BCUT2D eigenvalue weighted by Gasteiger charge is 2.07. The predicted octanol–water partition coefficient (Wildman–Crippen LogP) is 8.65. The third-order valence-corrected chi connectivity index (χ3v) is 9.27. The van der Waals surface area contributed by atoms with E-state index in [1.165, 1.54) is 0 Å². The van der Waals surface area contributed by atoms with Crippen LogP contribution in [0.5, 0.6) is 11.5 Å². The van der Waals surface area contributed by atoms with Crippen molar-refractivity contribution in [1.82, 2.24) is 4.98 Å². The summed E-state index contributed by atoms with van der Waals surface area (Å²) in [5, 5.41) is 19.9. The van der Waals surface area contributed by atoms with Gasteiger partial charge in [-0.25, -0.2) is 9.59 Å². The number of aliphatic carboxylic acids is 2. The molecule has 0 saturated heterocycles. The molecule has 5 rings (SSSR count). The van der Waals surface area contributed by atoms with Crippen molar-refractivity contribution in [1.29, 1.82) is 0 Å². The molecule has 0 aliphatic rings. The van der Waals surface area contributed by atoms with Gasteiger partial charge in [-0.15, -0.1) is 23.5 Å². The van der Waals surface area contributed by atoms with Crippen LogP contribution < -0.4 is 9.47 Å². The fraction of sp³-hybridized carbons (Fsp3) is 0.171. The van der Waals surface area contributed by atoms with Crippen LogP contribution in [-0.2, 0) is 9.59 Å². The van der Waals surface area contributed by atoms with Gasteiger partial charge in [0.25, 0.3) is 0 Å². The molecule has 3 N–H and O–H groups in total. The average Bonchev–Trinajstić information content (AvgIpc) is 3.45. The summed E-state index contributed by atoms with van der Waals surface area (Å²) in [6, 6.07) is 23.9. The van der Waals surface area contributed by atoms with E-state index >= 15 is 0 Å². The Balaban J connectivity index is 1.15. The molecule has 0 aliphatic carbocycles. The zero-order chi connectivity index (χ0) is 35.5. The Morgan fingerprint density at radius 1 is 0.740 bits per heavy atom. The summed E-state index contributed by atoms with van der Waals surface area (Å²) in [6.07, 6.45) is 5.98. The number of ether oxygens (including phenoxy) is 2. The van der Waals surface area contributed by atoms with Crippen molar-refractivity contribution >= 4 is 57.3 Å². The number of aryl methyl sites for hydroxylation is 2. The minimum absolute atomic E-state index is 0.353. The van der Waals surface area contributed by atoms with Crippen molar-refractivity contribution in [2.75, 3.05) is 24.7 Å². The summed E-state index contributed by atoms with van der Waals surface area (Å²) in [5.74, 6) is 13.6. The van der Waals surface area contributed by atoms with Gasteiger partial charge in [-0.1, -0.05) is 48.0 Å². The van der Waals surface area contributed by atoms with Gasteiger partial charge in [-0.2, -0.15) is 0 Å². The molecular weight excluding hydrogens is 667 g/mol. The topological polar surface area (TPSA) is 109 Å². The first-order chi connectivity index (χ1) is 24.1. The van der Waals surface area contributed by atoms with Crippen LogP contribution in [0.15, 0.2) is 106 Å². The molecule has 252 valence electrons. The molecule has 0 atom stereocenters. The number of carbonyl (C=O) groups is 2. The second-order valence-corrected chi connectivity index (χ2v) is 13.5. The van der Waals surface area contributed by atoms with Crippen molar-refractivity contribution in [2.24, 2.45) is 0 Å². The van der Waals surface area contributed by atoms with Gasteiger partial charge in [0.15, 0.2) is 13.2 Å². The van der Waals surface area contributed by atoms with Crippen molar-refractivity contribution < 1.29 is 29.3 Å². The number of hydrogen-bond acceptors (Lipinski definition) is 6. The second kappa shape index (κ2) is 17.3. The highest BCUT2D eigenvalue weighted by molar-refractivity contribution is 7.99. The molecule has 0 unspecified atom stereocenters. The molecule has 0 bridgehead atoms. The third kappa shape index (κ3) is 10.3. The fourth-order valence-corrected chi connectivity index (χ4v) is 6.71. The van der Waals surface area contributed by atoms with Crippen LogP contribution in [0.3, 0.4) is 0 Å². The highest BCUT2D eigenvalue weighted by atomic mass is 32.2. The van der Waals surface area contributed by atoms with E-state index in [4.69, 9.17) is 19.7 Å². The normalized spacial score (nSPS) is 11.2. The molecule has 4 aromatic carbocycles. The molecule has 7 nitrogen and oxygen atoms in total. The Morgan fingerprint density at radius 3 is 1.82 bits per heavy atom. The van der Waals surface area contributed by atoms with Crippen molar-refractivity contribution in [3.8, 4) is 35.2 Å². The van der Waals surface area contributed by atoms with E-state index < -0.39 is 11.9 Å². The Hall–Kier alpha value is -5.48. The van der Waals surface area contributed by atoms with Crippen LogP contribution >= 0.6 is 23.5 Å². The maximum absolute atomic E-state index is 10.8. The molecule has 0 radical (unpaired) electrons. The Kier molecular flexibility index (Phi) is 12.4. The molecule has 1 heterocycles. The van der Waals surface area contributed by atoms with Crippen molar-refractivity contribution in [2.45, 2.75) is 30.6 Å². The Labute approximate surface area is 299 Å². The fourth-order valence-electron chi connectivity index (χ4n) is 4.95. The van der Waals surface area contributed by atoms with Gasteiger partial charge in [-0.05, 0) is 104 Å². The molecule has 1 aromatic heterocycles. The molecule has 0 fully saturated rings. The van der Waals surface area contributed by atoms with E-state index in [1.807, 2.05) is 69.3 Å². The van der Waals surface area contributed by atoms with Crippen LogP contribution in [-0.4, -0.2) is 51.9 Å². The summed E-state index contributed by atoms with van der Waals surface area (Å²) >= 11 is 3.35. The highest BCUT2D eigenvalue weighted by Crippen LogP contribution is 2.28. The number of carboxylic acids is 2. The number of aromatic amines is 1. The lowest BCUT2D eigenvalue weighted by atomic mass is 10.1. The molecule has 0 aliphatic heterocycles. The molecule has 5 aromatic rings. The number of benzene rings is 4. The van der Waals surface area contributed by atoms with E-state index in [2.05, 4.69) is 59.0 Å². The van der Waals surface area contributed by atoms with Gasteiger partial charge in [-0.3, -0.25) is 0 Å². The first kappa shape index (κ1) is 35.8. The smallest absolute Gasteiger partial charge is 0.341 e. The number of aromatic nitrogens is 1. The number of rotatable bonds is 12. The molecule has 0 amide bonds. The second-order valence-electron chi connectivity index (χ2n) is 11.3. The summed E-state index contributed by atoms with van der Waals surface area (Å²) in [6.45, 7) is 5.10. The standard InChI is InChI=1S/C41H35NO6S2/c1-27(18-20-50-33-13-17-39(29(3)22-33)48-26-41(45)46)8-9-31-11-15-35-34-14-10-30(23-36(34)42-37(35)24-31)7-5-4-6-19-49-32-12-16-38(28(2)21-32)47-25-40(43)44/h4,6,10-18,21-24,42H,19-20,25-26H2,1-3H3,(H,43,44)(H,45,46)/b6-4+,27-18+. The maximum Gasteiger partial charge on any atom is 0.341 e. The van der Waals surface area contributed by atoms with Gasteiger partial charge in [0.2, 0.25) is 0 Å². The van der Waals surface area contributed by atoms with Gasteiger partial charge in [0, 0.05) is 54.2 Å². The average molecular weight is 702 g/mol. The summed E-state index contributed by atoms with van der Waals surface area (Å²) < 4.78 is 10.6. The van der Waals surface area contributed by atoms with Crippen LogP contribution in [0.4, 0.5) is 0 Å². The maximum atomic E-state index is 10.8. The molecule has 9 heteroatoms. The summed E-state index contributed by atoms with van der Waals surface area (Å²) in [7, 11) is 0. The first-order valence-electron chi connectivity index (χ1n) is 15.7. The van der Waals surface area contributed by atoms with Gasteiger partial charge in [0.05, 0.1) is 0 Å². The monoisotopic (exact) mass is 701 g/mol. The van der Waals surface area contributed by atoms with Gasteiger partial charge in [0.1, 0.15) is 11.5 Å². The van der Waals surface area contributed by atoms with E-state index in [-0.39, 0.29) is 13.2 Å². The van der Waals surface area contributed by atoms with Gasteiger partial charge < -0.3 is 24.7 Å². The van der Waals surface area contributed by atoms with E-state index in [1.54, 1.807) is 35.7 Å². The largest absolute Gasteiger partial charge is 0.482 e. The van der Waals surface area contributed by atoms with Gasteiger partial charge >= 0.3 is 11.9 Å². The summed E-state index contributed by atoms with van der Waals surface area (Å²) in [4.78, 5) is 27.2. The quantitative estimate of drug-likeness (QED) is 0.0877. The molecule has 0 spiro atoms. The van der Waals surface area contributed by atoms with Crippen molar-refractivity contribution in [3.63, 3.8) is 0 Å². The predicted molar refractivity (Wildman–Crippen MR) is 203 cm³/mol. The lowest BCUT2D eigenvalue weighted by Gasteiger charge is -2.08. The van der Waals surface area contributed by atoms with Crippen LogP contribution in [0.2, 0.25) is 0 Å². The summed E-state index contributed by atoms with van der Waals surface area (Å²) in [5.41, 5.74) is 6.67. The Morgan fingerprint density at radius 2 is 1.28 bits per heavy atom. The third-order valence-electron chi connectivity index (χ3n) is 7.40. The van der Waals surface area contributed by atoms with Crippen LogP contribution in [0.1, 0.15) is 29.2 Å². The Bertz CT molecular complexity index is 2240. The van der Waals surface area contributed by atoms with Crippen LogP contribution in [0.25, 0.3) is 21.8 Å². The zero-order valence-corrected chi connectivity index (χ0v) is 29.5. The lowest BCUT2D eigenvalue weighted by molar-refractivity contribution is -0.140. The lowest BCUT2D eigenvalue weighted by Crippen LogP contribution is -2.09. The van der Waals surface area contributed by atoms with E-state index in [9.17, 15) is 9.59 Å². The number of thioether (sulfide) groups is 2. The number of fused-ring (bicyclic) bond motifs is 3. The van der Waals surface area contributed by atoms with E-state index in [0.717, 1.165) is 70.9 Å². The zero-order valence-electron chi connectivity index (χ0n) is 27.8.